The van der Waals surface area contributed by atoms with Crippen LogP contribution in [0.3, 0.4) is 0 Å². The number of likely N-dealkylation sites (tertiary alicyclic amines) is 1. The highest BCUT2D eigenvalue weighted by molar-refractivity contribution is 14.0. The second-order valence-electron chi connectivity index (χ2n) is 2.55. The van der Waals surface area contributed by atoms with Gasteiger partial charge in [0.1, 0.15) is 0 Å². The molecule has 0 aliphatic carbocycles. The Morgan fingerprint density at radius 1 is 1.18 bits per heavy atom. The number of ether oxygens (including phenoxy) is 1. The zero-order chi connectivity index (χ0) is 7.82. The summed E-state index contributed by atoms with van der Waals surface area (Å²) in [5.74, 6) is 0. The largest absolute Gasteiger partial charge is 0.388 e. The fraction of sp³-hybridized carbons (Fsp3) is 1.00. The van der Waals surface area contributed by atoms with Crippen LogP contribution in [-0.4, -0.2) is 38.8 Å². The van der Waals surface area contributed by atoms with Crippen molar-refractivity contribution in [2.75, 3.05) is 33.9 Å². The van der Waals surface area contributed by atoms with Gasteiger partial charge in [-0.1, -0.05) is 6.92 Å². The highest BCUT2D eigenvalue weighted by atomic mass is 127. The van der Waals surface area contributed by atoms with Crippen molar-refractivity contribution in [1.82, 2.24) is 4.90 Å². The molecule has 0 unspecified atom stereocenters. The maximum absolute atomic E-state index is 4.25. The number of hydrogen-bond acceptors (Lipinski definition) is 2. The van der Waals surface area contributed by atoms with Crippen LogP contribution >= 0.6 is 24.0 Å². The molecule has 1 saturated heterocycles. The van der Waals surface area contributed by atoms with E-state index < -0.39 is 0 Å². The molecule has 3 heteroatoms. The van der Waals surface area contributed by atoms with Crippen molar-refractivity contribution < 1.29 is 4.74 Å². The van der Waals surface area contributed by atoms with E-state index in [1.165, 1.54) is 32.5 Å². The molecule has 2 nitrogen and oxygen atoms in total. The van der Waals surface area contributed by atoms with Gasteiger partial charge in [-0.15, -0.1) is 24.0 Å². The van der Waals surface area contributed by atoms with Gasteiger partial charge in [-0.05, 0) is 32.5 Å². The van der Waals surface area contributed by atoms with Crippen LogP contribution in [0.2, 0.25) is 0 Å². The lowest BCUT2D eigenvalue weighted by Gasteiger charge is -2.08. The van der Waals surface area contributed by atoms with Crippen LogP contribution in [0, 0.1) is 0 Å². The minimum atomic E-state index is 0. The van der Waals surface area contributed by atoms with Crippen LogP contribution in [0.25, 0.3) is 0 Å². The van der Waals surface area contributed by atoms with Crippen molar-refractivity contribution in [3.63, 3.8) is 0 Å². The van der Waals surface area contributed by atoms with E-state index in [1.807, 2.05) is 0 Å². The van der Waals surface area contributed by atoms with Gasteiger partial charge in [0.15, 0.2) is 0 Å². The Morgan fingerprint density at radius 2 is 1.55 bits per heavy atom. The predicted molar refractivity (Wildman–Crippen MR) is 59.7 cm³/mol. The Labute approximate surface area is 87.3 Å². The van der Waals surface area contributed by atoms with Crippen LogP contribution in [0.4, 0.5) is 0 Å². The van der Waals surface area contributed by atoms with Crippen LogP contribution in [-0.2, 0) is 4.74 Å². The Morgan fingerprint density at radius 3 is 1.73 bits per heavy atom. The summed E-state index contributed by atoms with van der Waals surface area (Å²) >= 11 is 0. The lowest BCUT2D eigenvalue weighted by molar-refractivity contribution is 0.277. The molecule has 0 spiro atoms. The van der Waals surface area contributed by atoms with Crippen LogP contribution < -0.4 is 0 Å². The second kappa shape index (κ2) is 10.7. The number of halogens is 1. The van der Waals surface area contributed by atoms with Gasteiger partial charge in [0.25, 0.3) is 0 Å². The zero-order valence-electron chi connectivity index (χ0n) is 7.80. The zero-order valence-corrected chi connectivity index (χ0v) is 10.1. The lowest BCUT2D eigenvalue weighted by Crippen LogP contribution is -2.17. The molecular formula is C8H20INO. The highest BCUT2D eigenvalue weighted by Crippen LogP contribution is 2.04. The summed E-state index contributed by atoms with van der Waals surface area (Å²) < 4.78 is 4.25. The molecule has 0 amide bonds. The van der Waals surface area contributed by atoms with Gasteiger partial charge in [0.2, 0.25) is 0 Å². The first kappa shape index (κ1) is 14.2. The van der Waals surface area contributed by atoms with E-state index >= 15 is 0 Å². The molecule has 11 heavy (non-hydrogen) atoms. The van der Waals surface area contributed by atoms with E-state index in [1.54, 1.807) is 14.2 Å². The van der Waals surface area contributed by atoms with E-state index in [0.29, 0.717) is 0 Å². The molecule has 0 N–H and O–H groups in total. The molecule has 1 fully saturated rings. The number of methoxy groups -OCH3 is 1. The molecule has 0 radical (unpaired) electrons. The Balaban J connectivity index is 0. The third-order valence-electron chi connectivity index (χ3n) is 1.65. The van der Waals surface area contributed by atoms with Crippen LogP contribution in [0.5, 0.6) is 0 Å². The summed E-state index contributed by atoms with van der Waals surface area (Å²) in [4.78, 5) is 2.49. The smallest absolute Gasteiger partial charge is 0.0351 e. The van der Waals surface area contributed by atoms with Crippen molar-refractivity contribution in [3.8, 4) is 0 Å². The average Bonchev–Trinajstić information content (AvgIpc) is 2.39. The molecular weight excluding hydrogens is 253 g/mol. The van der Waals surface area contributed by atoms with Crippen molar-refractivity contribution in [2.24, 2.45) is 0 Å². The molecule has 0 aromatic rings. The molecule has 1 rings (SSSR count). The minimum absolute atomic E-state index is 0. The molecule has 1 aliphatic rings. The van der Waals surface area contributed by atoms with Crippen molar-refractivity contribution in [3.05, 3.63) is 0 Å². The normalized spacial score (nSPS) is 16.6. The van der Waals surface area contributed by atoms with Gasteiger partial charge in [0.05, 0.1) is 0 Å². The summed E-state index contributed by atoms with van der Waals surface area (Å²) in [5, 5.41) is 0. The van der Waals surface area contributed by atoms with Gasteiger partial charge in [-0.2, -0.15) is 0 Å². The Bertz CT molecular complexity index is 65.1. The third-order valence-corrected chi connectivity index (χ3v) is 1.65. The standard InChI is InChI=1S/C6H13N.C2H6O.HI/c1-2-7-5-3-4-6-7;1-3-2;/h2-6H2,1H3;1-2H3;1H. The first-order valence-corrected chi connectivity index (χ1v) is 3.97. The van der Waals surface area contributed by atoms with E-state index in [2.05, 4.69) is 16.6 Å². The topological polar surface area (TPSA) is 12.5 Å². The molecule has 0 aromatic carbocycles. The van der Waals surface area contributed by atoms with Crippen molar-refractivity contribution >= 4 is 24.0 Å². The molecule has 1 heterocycles. The average molecular weight is 273 g/mol. The van der Waals surface area contributed by atoms with Gasteiger partial charge >= 0.3 is 0 Å². The molecule has 0 atom stereocenters. The summed E-state index contributed by atoms with van der Waals surface area (Å²) in [6.45, 7) is 6.16. The van der Waals surface area contributed by atoms with Gasteiger partial charge in [-0.25, -0.2) is 0 Å². The van der Waals surface area contributed by atoms with E-state index in [4.69, 9.17) is 0 Å². The van der Waals surface area contributed by atoms with Crippen LogP contribution in [0.15, 0.2) is 0 Å². The monoisotopic (exact) mass is 273 g/mol. The highest BCUT2D eigenvalue weighted by Gasteiger charge is 2.06. The fourth-order valence-corrected chi connectivity index (χ4v) is 1.10. The Kier molecular flexibility index (Phi) is 13.7. The molecule has 0 aromatic heterocycles. The van der Waals surface area contributed by atoms with E-state index in [-0.39, 0.29) is 24.0 Å². The number of nitrogens with zero attached hydrogens (tertiary/aromatic N) is 1. The molecule has 1 aliphatic heterocycles. The van der Waals surface area contributed by atoms with Gasteiger partial charge in [0, 0.05) is 14.2 Å². The summed E-state index contributed by atoms with van der Waals surface area (Å²) in [6.07, 6.45) is 2.85. The fourth-order valence-electron chi connectivity index (χ4n) is 1.10. The second-order valence-corrected chi connectivity index (χ2v) is 2.55. The molecule has 70 valence electrons. The predicted octanol–water partition coefficient (Wildman–Crippen LogP) is 1.98. The van der Waals surface area contributed by atoms with Crippen molar-refractivity contribution in [2.45, 2.75) is 19.8 Å². The van der Waals surface area contributed by atoms with Crippen molar-refractivity contribution in [1.29, 1.82) is 0 Å². The van der Waals surface area contributed by atoms with Crippen LogP contribution in [0.1, 0.15) is 19.8 Å². The molecule has 0 bridgehead atoms. The number of hydrogen-bond donors (Lipinski definition) is 0. The molecule has 0 saturated carbocycles. The summed E-state index contributed by atoms with van der Waals surface area (Å²) in [7, 11) is 3.25. The minimum Gasteiger partial charge on any atom is -0.388 e. The Hall–Kier alpha value is 0.650. The lowest BCUT2D eigenvalue weighted by atomic mass is 10.4. The summed E-state index contributed by atoms with van der Waals surface area (Å²) in [6, 6.07) is 0. The van der Waals surface area contributed by atoms with E-state index in [9.17, 15) is 0 Å². The first-order valence-electron chi connectivity index (χ1n) is 3.97. The SMILES string of the molecule is CCN1CCCC1.COC.I. The third kappa shape index (κ3) is 8.56. The summed E-state index contributed by atoms with van der Waals surface area (Å²) in [5.41, 5.74) is 0. The van der Waals surface area contributed by atoms with E-state index in [0.717, 1.165) is 0 Å². The first-order chi connectivity index (χ1) is 4.85. The number of rotatable bonds is 1. The van der Waals surface area contributed by atoms with Gasteiger partial charge in [-0.3, -0.25) is 0 Å². The quantitative estimate of drug-likeness (QED) is 0.677. The maximum Gasteiger partial charge on any atom is 0.0351 e. The maximum atomic E-state index is 4.25. The van der Waals surface area contributed by atoms with Gasteiger partial charge < -0.3 is 9.64 Å².